The van der Waals surface area contributed by atoms with Gasteiger partial charge in [0.25, 0.3) is 0 Å². The molecule has 2 rings (SSSR count). The largest absolute Gasteiger partial charge is 0.497 e. The molecule has 5 nitrogen and oxygen atoms in total. The Labute approximate surface area is 121 Å². The molecule has 0 unspecified atom stereocenters. The normalized spacial score (nSPS) is 10.3. The van der Waals surface area contributed by atoms with Gasteiger partial charge in [-0.3, -0.25) is 0 Å². The summed E-state index contributed by atoms with van der Waals surface area (Å²) in [5, 5.41) is 17.7. The molecule has 6 heteroatoms. The lowest BCUT2D eigenvalue weighted by Gasteiger charge is -2.09. The second-order valence-electron chi connectivity index (χ2n) is 4.18. The van der Waals surface area contributed by atoms with Crippen molar-refractivity contribution in [2.45, 2.75) is 23.8 Å². The first kappa shape index (κ1) is 14.3. The zero-order chi connectivity index (χ0) is 14.7. The maximum atomic E-state index is 11.4. The number of carboxylic acids is 1. The van der Waals surface area contributed by atoms with Crippen LogP contribution >= 0.6 is 11.8 Å². The summed E-state index contributed by atoms with van der Waals surface area (Å²) in [7, 11) is 1.59. The molecular formula is C14H14N2O3S. The molecule has 1 aromatic heterocycles. The van der Waals surface area contributed by atoms with E-state index in [4.69, 9.17) is 4.74 Å². The van der Waals surface area contributed by atoms with Crippen molar-refractivity contribution in [2.75, 3.05) is 7.11 Å². The number of nitrogens with zero attached hydrogens (tertiary/aromatic N) is 2. The van der Waals surface area contributed by atoms with Gasteiger partial charge in [-0.2, -0.15) is 5.10 Å². The van der Waals surface area contributed by atoms with Crippen LogP contribution in [0.15, 0.2) is 34.2 Å². The van der Waals surface area contributed by atoms with E-state index in [1.54, 1.807) is 21.0 Å². The van der Waals surface area contributed by atoms with Crippen LogP contribution in [0.2, 0.25) is 0 Å². The van der Waals surface area contributed by atoms with E-state index >= 15 is 0 Å². The van der Waals surface area contributed by atoms with Crippen molar-refractivity contribution in [3.8, 4) is 5.75 Å². The van der Waals surface area contributed by atoms with Gasteiger partial charge >= 0.3 is 5.97 Å². The van der Waals surface area contributed by atoms with Crippen molar-refractivity contribution in [1.29, 1.82) is 0 Å². The molecule has 20 heavy (non-hydrogen) atoms. The zero-order valence-electron chi connectivity index (χ0n) is 11.4. The summed E-state index contributed by atoms with van der Waals surface area (Å²) < 4.78 is 5.15. The van der Waals surface area contributed by atoms with Gasteiger partial charge in [0.2, 0.25) is 0 Å². The molecule has 0 aliphatic rings. The number of carboxylic acid groups (broad SMARTS) is 1. The van der Waals surface area contributed by atoms with Crippen LogP contribution in [0.3, 0.4) is 0 Å². The Morgan fingerprint density at radius 1 is 1.30 bits per heavy atom. The van der Waals surface area contributed by atoms with E-state index in [-0.39, 0.29) is 5.56 Å². The fourth-order valence-corrected chi connectivity index (χ4v) is 2.66. The molecule has 104 valence electrons. The number of aromatic nitrogens is 2. The number of rotatable bonds is 4. The Hall–Kier alpha value is -2.08. The molecule has 1 heterocycles. The number of methoxy groups -OCH3 is 1. The van der Waals surface area contributed by atoms with Gasteiger partial charge < -0.3 is 9.84 Å². The summed E-state index contributed by atoms with van der Waals surface area (Å²) in [6, 6.07) is 7.37. The lowest BCUT2D eigenvalue weighted by Crippen LogP contribution is -2.07. The van der Waals surface area contributed by atoms with Gasteiger partial charge in [-0.1, -0.05) is 17.8 Å². The summed E-state index contributed by atoms with van der Waals surface area (Å²) in [5.74, 6) is -0.283. The van der Waals surface area contributed by atoms with E-state index in [2.05, 4.69) is 10.2 Å². The number of aromatic carboxylic acids is 1. The van der Waals surface area contributed by atoms with Gasteiger partial charge in [0.05, 0.1) is 18.4 Å². The average Bonchev–Trinajstić information content (AvgIpc) is 2.43. The number of benzene rings is 1. The summed E-state index contributed by atoms with van der Waals surface area (Å²) in [5.41, 5.74) is 1.46. The summed E-state index contributed by atoms with van der Waals surface area (Å²) in [4.78, 5) is 12.3. The van der Waals surface area contributed by atoms with Crippen LogP contribution in [0.5, 0.6) is 5.75 Å². The van der Waals surface area contributed by atoms with Crippen molar-refractivity contribution in [3.63, 3.8) is 0 Å². The fourth-order valence-electron chi connectivity index (χ4n) is 1.69. The van der Waals surface area contributed by atoms with E-state index in [9.17, 15) is 9.90 Å². The smallest absolute Gasteiger partial charge is 0.338 e. The van der Waals surface area contributed by atoms with Crippen molar-refractivity contribution < 1.29 is 14.6 Å². The standard InChI is InChI=1S/C14H14N2O3S/c1-8-9(2)15-16-13(12(8)14(17)18)20-11-6-4-5-10(7-11)19-3/h4-7H,1-3H3,(H,17,18). The third kappa shape index (κ3) is 2.91. The molecule has 0 aliphatic carbocycles. The number of carbonyl (C=O) groups is 1. The molecule has 0 radical (unpaired) electrons. The minimum Gasteiger partial charge on any atom is -0.497 e. The Bertz CT molecular complexity index is 659. The van der Waals surface area contributed by atoms with Crippen LogP contribution in [-0.4, -0.2) is 28.4 Å². The quantitative estimate of drug-likeness (QED) is 0.933. The predicted octanol–water partition coefficient (Wildman–Crippen LogP) is 2.95. The Kier molecular flexibility index (Phi) is 4.24. The molecule has 2 aromatic rings. The third-order valence-corrected chi connectivity index (χ3v) is 3.86. The van der Waals surface area contributed by atoms with E-state index < -0.39 is 5.97 Å². The minimum absolute atomic E-state index is 0.199. The summed E-state index contributed by atoms with van der Waals surface area (Å²) >= 11 is 1.26. The molecule has 0 amide bonds. The maximum absolute atomic E-state index is 11.4. The molecule has 0 bridgehead atoms. The summed E-state index contributed by atoms with van der Waals surface area (Å²) in [6.45, 7) is 3.48. The lowest BCUT2D eigenvalue weighted by molar-refractivity contribution is 0.0690. The highest BCUT2D eigenvalue weighted by molar-refractivity contribution is 7.99. The summed E-state index contributed by atoms with van der Waals surface area (Å²) in [6.07, 6.45) is 0. The second kappa shape index (κ2) is 5.92. The SMILES string of the molecule is COc1cccc(Sc2nnc(C)c(C)c2C(=O)O)c1. The van der Waals surface area contributed by atoms with E-state index in [1.807, 2.05) is 24.3 Å². The van der Waals surface area contributed by atoms with Crippen LogP contribution in [0.4, 0.5) is 0 Å². The van der Waals surface area contributed by atoms with Crippen LogP contribution < -0.4 is 4.74 Å². The number of aryl methyl sites for hydroxylation is 1. The minimum atomic E-state index is -0.995. The number of hydrogen-bond acceptors (Lipinski definition) is 5. The fraction of sp³-hybridized carbons (Fsp3) is 0.214. The Morgan fingerprint density at radius 3 is 2.70 bits per heavy atom. The molecule has 0 spiro atoms. The monoisotopic (exact) mass is 290 g/mol. The second-order valence-corrected chi connectivity index (χ2v) is 5.24. The first-order valence-corrected chi connectivity index (χ1v) is 6.73. The molecule has 1 aromatic carbocycles. The molecule has 0 saturated carbocycles. The predicted molar refractivity (Wildman–Crippen MR) is 75.6 cm³/mol. The van der Waals surface area contributed by atoms with Gasteiger partial charge in [-0.15, -0.1) is 5.10 Å². The van der Waals surface area contributed by atoms with Crippen LogP contribution in [-0.2, 0) is 0 Å². The maximum Gasteiger partial charge on any atom is 0.338 e. The average molecular weight is 290 g/mol. The third-order valence-electron chi connectivity index (χ3n) is 2.89. The van der Waals surface area contributed by atoms with Gasteiger partial charge in [-0.25, -0.2) is 4.79 Å². The molecule has 0 saturated heterocycles. The number of ether oxygens (including phenoxy) is 1. The van der Waals surface area contributed by atoms with Gasteiger partial charge in [0, 0.05) is 4.90 Å². The highest BCUT2D eigenvalue weighted by atomic mass is 32.2. The van der Waals surface area contributed by atoms with E-state index in [0.29, 0.717) is 22.0 Å². The van der Waals surface area contributed by atoms with Crippen molar-refractivity contribution >= 4 is 17.7 Å². The molecule has 0 fully saturated rings. The topological polar surface area (TPSA) is 72.3 Å². The Balaban J connectivity index is 2.43. The van der Waals surface area contributed by atoms with Crippen LogP contribution in [0.1, 0.15) is 21.6 Å². The first-order valence-electron chi connectivity index (χ1n) is 5.92. The number of hydrogen-bond donors (Lipinski definition) is 1. The van der Waals surface area contributed by atoms with E-state index in [1.165, 1.54) is 11.8 Å². The van der Waals surface area contributed by atoms with Crippen molar-refractivity contribution in [2.24, 2.45) is 0 Å². The highest BCUT2D eigenvalue weighted by Crippen LogP contribution is 2.32. The lowest BCUT2D eigenvalue weighted by atomic mass is 10.1. The zero-order valence-corrected chi connectivity index (χ0v) is 12.2. The van der Waals surface area contributed by atoms with Gasteiger partial charge in [0.1, 0.15) is 10.8 Å². The van der Waals surface area contributed by atoms with Crippen LogP contribution in [0, 0.1) is 13.8 Å². The molecule has 0 aliphatic heterocycles. The Morgan fingerprint density at radius 2 is 2.05 bits per heavy atom. The first-order chi connectivity index (χ1) is 9.52. The molecular weight excluding hydrogens is 276 g/mol. The van der Waals surface area contributed by atoms with Gasteiger partial charge in [0.15, 0.2) is 0 Å². The van der Waals surface area contributed by atoms with E-state index in [0.717, 1.165) is 4.90 Å². The molecule has 1 N–H and O–H groups in total. The van der Waals surface area contributed by atoms with Gasteiger partial charge in [-0.05, 0) is 37.6 Å². The van der Waals surface area contributed by atoms with Crippen molar-refractivity contribution in [3.05, 3.63) is 41.1 Å². The van der Waals surface area contributed by atoms with Crippen LogP contribution in [0.25, 0.3) is 0 Å². The molecule has 0 atom stereocenters. The highest BCUT2D eigenvalue weighted by Gasteiger charge is 2.18. The van der Waals surface area contributed by atoms with Crippen molar-refractivity contribution in [1.82, 2.24) is 10.2 Å².